The predicted molar refractivity (Wildman–Crippen MR) is 68.4 cm³/mol. The molecule has 0 spiro atoms. The average molecular weight is 287 g/mol. The van der Waals surface area contributed by atoms with Crippen molar-refractivity contribution < 1.29 is 4.39 Å². The van der Waals surface area contributed by atoms with Crippen LogP contribution in [-0.2, 0) is 6.42 Å². The van der Waals surface area contributed by atoms with Crippen molar-refractivity contribution in [3.8, 4) is 0 Å². The zero-order valence-electron chi connectivity index (χ0n) is 9.20. The maximum absolute atomic E-state index is 12.6. The maximum atomic E-state index is 12.6. The molecule has 4 nitrogen and oxygen atoms in total. The first-order valence-electron chi connectivity index (χ1n) is 5.17. The molecule has 1 N–H and O–H groups in total. The van der Waals surface area contributed by atoms with Gasteiger partial charge in [0.15, 0.2) is 0 Å². The maximum Gasteiger partial charge on any atom is 0.141 e. The molecule has 0 atom stereocenters. The molecule has 0 saturated carbocycles. The van der Waals surface area contributed by atoms with Gasteiger partial charge in [-0.05, 0) is 18.6 Å². The van der Waals surface area contributed by atoms with Crippen molar-refractivity contribution in [3.05, 3.63) is 46.3 Å². The van der Waals surface area contributed by atoms with Crippen LogP contribution in [-0.4, -0.2) is 21.5 Å². The highest BCUT2D eigenvalue weighted by Gasteiger charge is 2.07. The molecule has 0 aliphatic rings. The molecule has 2 aromatic heterocycles. The van der Waals surface area contributed by atoms with Crippen LogP contribution in [0.4, 0.5) is 10.2 Å². The third-order valence-electron chi connectivity index (χ3n) is 2.25. The molecule has 7 heteroatoms. The van der Waals surface area contributed by atoms with Crippen LogP contribution in [0.2, 0.25) is 10.3 Å². The Labute approximate surface area is 113 Å². The van der Waals surface area contributed by atoms with Gasteiger partial charge in [-0.3, -0.25) is 0 Å². The summed E-state index contributed by atoms with van der Waals surface area (Å²) in [6.07, 6.45) is 3.01. The molecule has 0 aliphatic carbocycles. The summed E-state index contributed by atoms with van der Waals surface area (Å²) >= 11 is 11.8. The number of nitrogens with zero attached hydrogens (tertiary/aromatic N) is 3. The number of aromatic nitrogens is 3. The normalized spacial score (nSPS) is 10.4. The van der Waals surface area contributed by atoms with Crippen LogP contribution in [0.5, 0.6) is 0 Å². The van der Waals surface area contributed by atoms with Gasteiger partial charge in [0.1, 0.15) is 28.3 Å². The molecule has 0 bridgehead atoms. The van der Waals surface area contributed by atoms with Gasteiger partial charge in [0.2, 0.25) is 0 Å². The predicted octanol–water partition coefficient (Wildman–Crippen LogP) is 2.97. The SMILES string of the molecule is Fc1ccc(NCCc2c(Cl)ncnc2Cl)nc1. The van der Waals surface area contributed by atoms with Crippen molar-refractivity contribution in [2.45, 2.75) is 6.42 Å². The minimum atomic E-state index is -0.372. The molecule has 0 unspecified atom stereocenters. The molecule has 0 aromatic carbocycles. The molecular weight excluding hydrogens is 278 g/mol. The van der Waals surface area contributed by atoms with Gasteiger partial charge < -0.3 is 5.32 Å². The summed E-state index contributed by atoms with van der Waals surface area (Å²) in [7, 11) is 0. The summed E-state index contributed by atoms with van der Waals surface area (Å²) in [6, 6.07) is 2.89. The van der Waals surface area contributed by atoms with Crippen molar-refractivity contribution in [1.82, 2.24) is 15.0 Å². The number of rotatable bonds is 4. The minimum Gasteiger partial charge on any atom is -0.370 e. The Morgan fingerprint density at radius 1 is 1.11 bits per heavy atom. The van der Waals surface area contributed by atoms with E-state index < -0.39 is 0 Å². The molecule has 2 heterocycles. The molecule has 0 fully saturated rings. The highest BCUT2D eigenvalue weighted by molar-refractivity contribution is 6.34. The second kappa shape index (κ2) is 5.93. The van der Waals surface area contributed by atoms with E-state index in [1.54, 1.807) is 6.07 Å². The van der Waals surface area contributed by atoms with Gasteiger partial charge in [-0.1, -0.05) is 23.2 Å². The van der Waals surface area contributed by atoms with Crippen LogP contribution >= 0.6 is 23.2 Å². The first-order chi connectivity index (χ1) is 8.66. The zero-order chi connectivity index (χ0) is 13.0. The van der Waals surface area contributed by atoms with E-state index in [0.717, 1.165) is 6.20 Å². The Balaban J connectivity index is 1.94. The standard InChI is InChI=1S/C11H9Cl2FN4/c12-10-8(11(13)18-6-17-10)3-4-15-9-2-1-7(14)5-16-9/h1-2,5-6H,3-4H2,(H,15,16). The topological polar surface area (TPSA) is 50.7 Å². The van der Waals surface area contributed by atoms with E-state index in [-0.39, 0.29) is 5.82 Å². The molecule has 0 aliphatic heterocycles. The molecule has 2 rings (SSSR count). The van der Waals surface area contributed by atoms with Crippen molar-refractivity contribution in [2.24, 2.45) is 0 Å². The lowest BCUT2D eigenvalue weighted by molar-refractivity contribution is 0.621. The number of hydrogen-bond donors (Lipinski definition) is 1. The van der Waals surface area contributed by atoms with E-state index in [1.807, 2.05) is 0 Å². The summed E-state index contributed by atoms with van der Waals surface area (Å²) in [5.41, 5.74) is 0.676. The fourth-order valence-electron chi connectivity index (χ4n) is 1.37. The van der Waals surface area contributed by atoms with E-state index in [2.05, 4.69) is 20.3 Å². The average Bonchev–Trinajstić information content (AvgIpc) is 2.35. The van der Waals surface area contributed by atoms with Crippen molar-refractivity contribution >= 4 is 29.0 Å². The molecule has 94 valence electrons. The zero-order valence-corrected chi connectivity index (χ0v) is 10.7. The molecule has 0 saturated heterocycles. The second-order valence-electron chi connectivity index (χ2n) is 3.47. The van der Waals surface area contributed by atoms with Crippen LogP contribution in [0, 0.1) is 5.82 Å². The lowest BCUT2D eigenvalue weighted by Gasteiger charge is -2.07. The van der Waals surface area contributed by atoms with Gasteiger partial charge in [0.05, 0.1) is 6.20 Å². The minimum absolute atomic E-state index is 0.337. The van der Waals surface area contributed by atoms with Crippen LogP contribution in [0.15, 0.2) is 24.7 Å². The Morgan fingerprint density at radius 2 is 1.83 bits per heavy atom. The van der Waals surface area contributed by atoms with E-state index >= 15 is 0 Å². The number of nitrogens with one attached hydrogen (secondary N) is 1. The first kappa shape index (κ1) is 13.0. The number of anilines is 1. The monoisotopic (exact) mass is 286 g/mol. The molecular formula is C11H9Cl2FN4. The van der Waals surface area contributed by atoms with Gasteiger partial charge in [0, 0.05) is 12.1 Å². The third-order valence-corrected chi connectivity index (χ3v) is 2.90. The molecule has 0 radical (unpaired) electrons. The van der Waals surface area contributed by atoms with Gasteiger partial charge in [-0.2, -0.15) is 0 Å². The number of halogens is 3. The quantitative estimate of drug-likeness (QED) is 0.878. The van der Waals surface area contributed by atoms with Crippen LogP contribution in [0.3, 0.4) is 0 Å². The van der Waals surface area contributed by atoms with Gasteiger partial charge >= 0.3 is 0 Å². The summed E-state index contributed by atoms with van der Waals surface area (Å²) in [5, 5.41) is 3.70. The first-order valence-corrected chi connectivity index (χ1v) is 5.92. The summed E-state index contributed by atoms with van der Waals surface area (Å²) in [6.45, 7) is 0.547. The van der Waals surface area contributed by atoms with Gasteiger partial charge in [-0.25, -0.2) is 19.3 Å². The van der Waals surface area contributed by atoms with Crippen molar-refractivity contribution in [2.75, 3.05) is 11.9 Å². The van der Waals surface area contributed by atoms with Crippen LogP contribution < -0.4 is 5.32 Å². The van der Waals surface area contributed by atoms with Crippen molar-refractivity contribution in [3.63, 3.8) is 0 Å². The Hall–Kier alpha value is -1.46. The van der Waals surface area contributed by atoms with E-state index in [4.69, 9.17) is 23.2 Å². The van der Waals surface area contributed by atoms with Crippen LogP contribution in [0.25, 0.3) is 0 Å². The van der Waals surface area contributed by atoms with Crippen LogP contribution in [0.1, 0.15) is 5.56 Å². The lowest BCUT2D eigenvalue weighted by Crippen LogP contribution is -2.07. The molecule has 18 heavy (non-hydrogen) atoms. The Kier molecular flexibility index (Phi) is 4.28. The fourth-order valence-corrected chi connectivity index (χ4v) is 1.88. The number of hydrogen-bond acceptors (Lipinski definition) is 4. The van der Waals surface area contributed by atoms with E-state index in [0.29, 0.717) is 34.7 Å². The van der Waals surface area contributed by atoms with E-state index in [1.165, 1.54) is 12.4 Å². The second-order valence-corrected chi connectivity index (χ2v) is 4.19. The fraction of sp³-hybridized carbons (Fsp3) is 0.182. The summed E-state index contributed by atoms with van der Waals surface area (Å²) in [5.74, 6) is 0.212. The number of pyridine rings is 1. The van der Waals surface area contributed by atoms with Crippen molar-refractivity contribution in [1.29, 1.82) is 0 Å². The lowest BCUT2D eigenvalue weighted by atomic mass is 10.2. The third kappa shape index (κ3) is 3.27. The van der Waals surface area contributed by atoms with E-state index in [9.17, 15) is 4.39 Å². The smallest absolute Gasteiger partial charge is 0.141 e. The summed E-state index contributed by atoms with van der Waals surface area (Å²) < 4.78 is 12.6. The highest BCUT2D eigenvalue weighted by atomic mass is 35.5. The molecule has 0 amide bonds. The summed E-state index contributed by atoms with van der Waals surface area (Å²) in [4.78, 5) is 11.6. The highest BCUT2D eigenvalue weighted by Crippen LogP contribution is 2.20. The Bertz CT molecular complexity index is 513. The van der Waals surface area contributed by atoms with Gasteiger partial charge in [0.25, 0.3) is 0 Å². The van der Waals surface area contributed by atoms with Gasteiger partial charge in [-0.15, -0.1) is 0 Å². The Morgan fingerprint density at radius 3 is 2.44 bits per heavy atom. The molecule has 2 aromatic rings. The largest absolute Gasteiger partial charge is 0.370 e.